The second kappa shape index (κ2) is 7.06. The molecule has 86 valence electrons. The molecule has 1 atom stereocenters. The van der Waals surface area contributed by atoms with Crippen molar-refractivity contribution in [2.75, 3.05) is 6.61 Å². The van der Waals surface area contributed by atoms with Crippen molar-refractivity contribution in [1.29, 1.82) is 0 Å². The predicted molar refractivity (Wildman–Crippen MR) is 64.2 cm³/mol. The lowest BCUT2D eigenvalue weighted by Crippen LogP contribution is -2.21. The largest absolute Gasteiger partial charge is 0.465 e. The van der Waals surface area contributed by atoms with Crippen LogP contribution < -0.4 is 0 Å². The average molecular weight is 238 g/mol. The van der Waals surface area contributed by atoms with Crippen LogP contribution in [0.25, 0.3) is 0 Å². The van der Waals surface area contributed by atoms with Gasteiger partial charge in [-0.2, -0.15) is 0 Å². The van der Waals surface area contributed by atoms with Gasteiger partial charge < -0.3 is 9.53 Å². The summed E-state index contributed by atoms with van der Waals surface area (Å²) in [5.74, 6) is 0.168. The van der Waals surface area contributed by atoms with Crippen LogP contribution in [0.1, 0.15) is 12.5 Å². The number of carbonyl (C=O) groups excluding carboxylic acids is 2. The van der Waals surface area contributed by atoms with Gasteiger partial charge in [-0.3, -0.25) is 4.79 Å². The topological polar surface area (TPSA) is 43.4 Å². The Hall–Kier alpha value is -1.29. The highest BCUT2D eigenvalue weighted by atomic mass is 32.2. The lowest BCUT2D eigenvalue weighted by molar-refractivity contribution is -0.143. The molecule has 0 spiro atoms. The van der Waals surface area contributed by atoms with Crippen LogP contribution >= 0.6 is 11.8 Å². The molecule has 1 rings (SSSR count). The number of aldehydes is 1. The van der Waals surface area contributed by atoms with E-state index in [0.29, 0.717) is 18.6 Å². The Morgan fingerprint density at radius 2 is 2.12 bits per heavy atom. The molecule has 3 nitrogen and oxygen atoms in total. The number of carbonyl (C=O) groups is 2. The zero-order valence-electron chi connectivity index (χ0n) is 9.09. The van der Waals surface area contributed by atoms with E-state index in [1.165, 1.54) is 11.8 Å². The van der Waals surface area contributed by atoms with Gasteiger partial charge in [0.1, 0.15) is 6.29 Å². The zero-order chi connectivity index (χ0) is 11.8. The Kier molecular flexibility index (Phi) is 5.64. The minimum atomic E-state index is -0.722. The lowest BCUT2D eigenvalue weighted by Gasteiger charge is -2.08. The fourth-order valence-corrected chi connectivity index (χ4v) is 1.99. The van der Waals surface area contributed by atoms with E-state index in [4.69, 9.17) is 4.74 Å². The van der Waals surface area contributed by atoms with Crippen molar-refractivity contribution in [3.8, 4) is 0 Å². The van der Waals surface area contributed by atoms with Gasteiger partial charge >= 0.3 is 5.97 Å². The molecule has 0 aliphatic rings. The van der Waals surface area contributed by atoms with Gasteiger partial charge in [-0.25, -0.2) is 0 Å². The summed E-state index contributed by atoms with van der Waals surface area (Å²) >= 11 is 1.28. The molecule has 0 aliphatic carbocycles. The Morgan fingerprint density at radius 1 is 1.44 bits per heavy atom. The van der Waals surface area contributed by atoms with Crippen molar-refractivity contribution in [2.45, 2.75) is 17.9 Å². The third-order valence-corrected chi connectivity index (χ3v) is 3.08. The number of ether oxygens (including phenoxy) is 1. The zero-order valence-corrected chi connectivity index (χ0v) is 9.91. The maximum absolute atomic E-state index is 11.3. The second-order valence-electron chi connectivity index (χ2n) is 3.11. The SMILES string of the molecule is CCOC(=O)C(C=O)SCc1ccccc1. The second-order valence-corrected chi connectivity index (χ2v) is 4.24. The van der Waals surface area contributed by atoms with E-state index < -0.39 is 11.2 Å². The van der Waals surface area contributed by atoms with Crippen LogP contribution in [0.3, 0.4) is 0 Å². The number of rotatable bonds is 6. The monoisotopic (exact) mass is 238 g/mol. The Balaban J connectivity index is 2.46. The highest BCUT2D eigenvalue weighted by Gasteiger charge is 2.18. The van der Waals surface area contributed by atoms with E-state index in [9.17, 15) is 9.59 Å². The molecular formula is C12H14O3S. The van der Waals surface area contributed by atoms with Crippen LogP contribution in [0.15, 0.2) is 30.3 Å². The van der Waals surface area contributed by atoms with Gasteiger partial charge in [-0.1, -0.05) is 30.3 Å². The molecule has 0 heterocycles. The third kappa shape index (κ3) is 4.06. The first kappa shape index (κ1) is 12.8. The summed E-state index contributed by atoms with van der Waals surface area (Å²) in [6.07, 6.45) is 0.631. The molecule has 0 aromatic heterocycles. The molecule has 0 fully saturated rings. The van der Waals surface area contributed by atoms with Crippen molar-refractivity contribution in [3.05, 3.63) is 35.9 Å². The fraction of sp³-hybridized carbons (Fsp3) is 0.333. The van der Waals surface area contributed by atoms with Gasteiger partial charge in [0.15, 0.2) is 5.25 Å². The average Bonchev–Trinajstić information content (AvgIpc) is 2.31. The lowest BCUT2D eigenvalue weighted by atomic mass is 10.2. The van der Waals surface area contributed by atoms with Gasteiger partial charge in [0.25, 0.3) is 0 Å². The molecule has 16 heavy (non-hydrogen) atoms. The maximum atomic E-state index is 11.3. The summed E-state index contributed by atoms with van der Waals surface area (Å²) in [5, 5.41) is -0.722. The molecule has 0 amide bonds. The molecule has 4 heteroatoms. The van der Waals surface area contributed by atoms with E-state index in [1.54, 1.807) is 6.92 Å². The minimum Gasteiger partial charge on any atom is -0.465 e. The quantitative estimate of drug-likeness (QED) is 0.432. The molecule has 1 aromatic carbocycles. The van der Waals surface area contributed by atoms with Crippen molar-refractivity contribution >= 4 is 24.0 Å². The van der Waals surface area contributed by atoms with Crippen molar-refractivity contribution in [1.82, 2.24) is 0 Å². The molecular weight excluding hydrogens is 224 g/mol. The fourth-order valence-electron chi connectivity index (χ4n) is 1.15. The molecule has 0 N–H and O–H groups in total. The van der Waals surface area contributed by atoms with Gasteiger partial charge in [0, 0.05) is 5.75 Å². The highest BCUT2D eigenvalue weighted by molar-refractivity contribution is 8.00. The third-order valence-electron chi connectivity index (χ3n) is 1.91. The normalized spacial score (nSPS) is 11.8. The Bertz CT molecular complexity index is 337. The molecule has 0 saturated heterocycles. The smallest absolute Gasteiger partial charge is 0.326 e. The summed E-state index contributed by atoms with van der Waals surface area (Å²) in [6.45, 7) is 2.02. The van der Waals surface area contributed by atoms with Crippen LogP contribution in [0.4, 0.5) is 0 Å². The first-order valence-corrected chi connectivity index (χ1v) is 6.10. The van der Waals surface area contributed by atoms with Crippen LogP contribution in [0.5, 0.6) is 0 Å². The summed E-state index contributed by atoms with van der Waals surface area (Å²) in [4.78, 5) is 22.0. The molecule has 1 unspecified atom stereocenters. The summed E-state index contributed by atoms with van der Waals surface area (Å²) < 4.78 is 4.79. The first-order chi connectivity index (χ1) is 7.77. The number of hydrogen-bond acceptors (Lipinski definition) is 4. The van der Waals surface area contributed by atoms with E-state index >= 15 is 0 Å². The van der Waals surface area contributed by atoms with E-state index in [1.807, 2.05) is 30.3 Å². The van der Waals surface area contributed by atoms with Gasteiger partial charge in [0.2, 0.25) is 0 Å². The molecule has 0 radical (unpaired) electrons. The van der Waals surface area contributed by atoms with E-state index in [2.05, 4.69) is 0 Å². The van der Waals surface area contributed by atoms with Gasteiger partial charge in [-0.15, -0.1) is 11.8 Å². The molecule has 0 bridgehead atoms. The summed E-state index contributed by atoms with van der Waals surface area (Å²) in [7, 11) is 0. The van der Waals surface area contributed by atoms with Crippen molar-refractivity contribution in [3.63, 3.8) is 0 Å². The van der Waals surface area contributed by atoms with Crippen LogP contribution in [0.2, 0.25) is 0 Å². The van der Waals surface area contributed by atoms with Gasteiger partial charge in [0.05, 0.1) is 6.61 Å². The molecule has 1 aromatic rings. The number of esters is 1. The Labute approximate surface area is 99.2 Å². The van der Waals surface area contributed by atoms with E-state index in [-0.39, 0.29) is 0 Å². The Morgan fingerprint density at radius 3 is 2.69 bits per heavy atom. The molecule has 0 aliphatic heterocycles. The van der Waals surface area contributed by atoms with Crippen LogP contribution in [0, 0.1) is 0 Å². The van der Waals surface area contributed by atoms with E-state index in [0.717, 1.165) is 5.56 Å². The predicted octanol–water partition coefficient (Wildman–Crippen LogP) is 2.05. The van der Waals surface area contributed by atoms with Crippen LogP contribution in [-0.2, 0) is 20.1 Å². The van der Waals surface area contributed by atoms with Gasteiger partial charge in [-0.05, 0) is 12.5 Å². The first-order valence-electron chi connectivity index (χ1n) is 5.05. The van der Waals surface area contributed by atoms with Crippen molar-refractivity contribution < 1.29 is 14.3 Å². The summed E-state index contributed by atoms with van der Waals surface area (Å²) in [5.41, 5.74) is 1.09. The standard InChI is InChI=1S/C12H14O3S/c1-2-15-12(14)11(8-13)16-9-10-6-4-3-5-7-10/h3-8,11H,2,9H2,1H3. The summed E-state index contributed by atoms with van der Waals surface area (Å²) in [6, 6.07) is 9.70. The van der Waals surface area contributed by atoms with Crippen LogP contribution in [-0.4, -0.2) is 24.1 Å². The number of hydrogen-bond donors (Lipinski definition) is 0. The van der Waals surface area contributed by atoms with Crippen molar-refractivity contribution in [2.24, 2.45) is 0 Å². The molecule has 0 saturated carbocycles. The highest BCUT2D eigenvalue weighted by Crippen LogP contribution is 2.17. The minimum absolute atomic E-state index is 0.301. The number of benzene rings is 1. The number of thioether (sulfide) groups is 1. The maximum Gasteiger partial charge on any atom is 0.326 e.